The lowest BCUT2D eigenvalue weighted by molar-refractivity contribution is -0.136. The van der Waals surface area contributed by atoms with E-state index < -0.39 is 6.04 Å². The van der Waals surface area contributed by atoms with E-state index in [1.807, 2.05) is 17.9 Å². The number of methoxy groups -OCH3 is 2. The van der Waals surface area contributed by atoms with Gasteiger partial charge in [-0.3, -0.25) is 9.59 Å². The first kappa shape index (κ1) is 21.9. The van der Waals surface area contributed by atoms with E-state index in [4.69, 9.17) is 9.47 Å². The third-order valence-electron chi connectivity index (χ3n) is 5.15. The van der Waals surface area contributed by atoms with Gasteiger partial charge in [-0.1, -0.05) is 19.4 Å². The molecule has 3 rings (SSSR count). The van der Waals surface area contributed by atoms with E-state index in [0.717, 1.165) is 18.4 Å². The van der Waals surface area contributed by atoms with Crippen LogP contribution in [-0.2, 0) is 22.6 Å². The van der Waals surface area contributed by atoms with Crippen molar-refractivity contribution in [3.63, 3.8) is 0 Å². The smallest absolute Gasteiger partial charge is 0.245 e. The predicted octanol–water partition coefficient (Wildman–Crippen LogP) is 3.65. The van der Waals surface area contributed by atoms with Gasteiger partial charge in [-0.2, -0.15) is 0 Å². The predicted molar refractivity (Wildman–Crippen MR) is 119 cm³/mol. The van der Waals surface area contributed by atoms with E-state index in [-0.39, 0.29) is 11.8 Å². The summed E-state index contributed by atoms with van der Waals surface area (Å²) in [5.41, 5.74) is 2.02. The van der Waals surface area contributed by atoms with Crippen LogP contribution in [0.25, 0.3) is 6.08 Å². The molecule has 1 aromatic heterocycles. The maximum atomic E-state index is 13.0. The van der Waals surface area contributed by atoms with E-state index in [9.17, 15) is 9.59 Å². The van der Waals surface area contributed by atoms with E-state index in [1.54, 1.807) is 43.8 Å². The number of rotatable bonds is 8. The van der Waals surface area contributed by atoms with Crippen LogP contribution in [0.5, 0.6) is 11.5 Å². The SMILES string of the molecule is CCCC(NC(=O)/C=C/c1ccc(OC)c(OC)c1)C(=O)N1CCc2sccc2C1. The summed E-state index contributed by atoms with van der Waals surface area (Å²) >= 11 is 1.74. The van der Waals surface area contributed by atoms with Crippen molar-refractivity contribution in [3.8, 4) is 11.5 Å². The molecule has 1 atom stereocenters. The molecule has 1 unspecified atom stereocenters. The number of nitrogens with zero attached hydrogens (tertiary/aromatic N) is 1. The van der Waals surface area contributed by atoms with Crippen molar-refractivity contribution in [1.29, 1.82) is 0 Å². The number of hydrogen-bond donors (Lipinski definition) is 1. The first-order valence-electron chi connectivity index (χ1n) is 10.1. The number of ether oxygens (including phenoxy) is 2. The zero-order chi connectivity index (χ0) is 21.5. The molecule has 0 saturated heterocycles. The third-order valence-corrected chi connectivity index (χ3v) is 6.17. The normalized spacial score (nSPS) is 14.3. The molecule has 30 heavy (non-hydrogen) atoms. The molecule has 0 fully saturated rings. The highest BCUT2D eigenvalue weighted by Gasteiger charge is 2.28. The molecule has 160 valence electrons. The summed E-state index contributed by atoms with van der Waals surface area (Å²) in [6.07, 6.45) is 5.45. The Kier molecular flexibility index (Phi) is 7.52. The zero-order valence-electron chi connectivity index (χ0n) is 17.6. The van der Waals surface area contributed by atoms with Gasteiger partial charge in [0.05, 0.1) is 14.2 Å². The molecule has 1 N–H and O–H groups in total. The van der Waals surface area contributed by atoms with Crippen molar-refractivity contribution in [2.45, 2.75) is 38.8 Å². The molecule has 0 radical (unpaired) electrons. The highest BCUT2D eigenvalue weighted by Crippen LogP contribution is 2.28. The maximum Gasteiger partial charge on any atom is 0.245 e. The third kappa shape index (κ3) is 5.21. The molecular formula is C23H28N2O4S. The molecule has 1 aromatic carbocycles. The lowest BCUT2D eigenvalue weighted by atomic mass is 10.1. The summed E-state index contributed by atoms with van der Waals surface area (Å²) in [5, 5.41) is 4.96. The number of hydrogen-bond acceptors (Lipinski definition) is 5. The lowest BCUT2D eigenvalue weighted by Gasteiger charge is -2.30. The van der Waals surface area contributed by atoms with E-state index in [0.29, 0.717) is 31.0 Å². The van der Waals surface area contributed by atoms with E-state index >= 15 is 0 Å². The van der Waals surface area contributed by atoms with Crippen LogP contribution < -0.4 is 14.8 Å². The first-order chi connectivity index (χ1) is 14.5. The van der Waals surface area contributed by atoms with Crippen molar-refractivity contribution < 1.29 is 19.1 Å². The zero-order valence-corrected chi connectivity index (χ0v) is 18.5. The van der Waals surface area contributed by atoms with Gasteiger partial charge in [0.1, 0.15) is 6.04 Å². The van der Waals surface area contributed by atoms with Gasteiger partial charge in [0.15, 0.2) is 11.5 Å². The number of benzene rings is 1. The molecule has 2 heterocycles. The molecule has 0 spiro atoms. The van der Waals surface area contributed by atoms with Gasteiger partial charge < -0.3 is 19.7 Å². The number of carbonyl (C=O) groups excluding carboxylic acids is 2. The Hall–Kier alpha value is -2.80. The van der Waals surface area contributed by atoms with Crippen molar-refractivity contribution in [1.82, 2.24) is 10.2 Å². The van der Waals surface area contributed by atoms with E-state index in [1.165, 1.54) is 16.5 Å². The van der Waals surface area contributed by atoms with Crippen LogP contribution in [0, 0.1) is 0 Å². The fourth-order valence-corrected chi connectivity index (χ4v) is 4.44. The van der Waals surface area contributed by atoms with Crippen LogP contribution in [0.1, 0.15) is 35.8 Å². The minimum Gasteiger partial charge on any atom is -0.493 e. The molecule has 0 saturated carbocycles. The van der Waals surface area contributed by atoms with E-state index in [2.05, 4.69) is 16.8 Å². The van der Waals surface area contributed by atoms with Gasteiger partial charge in [-0.05, 0) is 53.6 Å². The van der Waals surface area contributed by atoms with Crippen LogP contribution in [0.2, 0.25) is 0 Å². The monoisotopic (exact) mass is 428 g/mol. The summed E-state index contributed by atoms with van der Waals surface area (Å²) in [6.45, 7) is 3.33. The van der Waals surface area contributed by atoms with Crippen LogP contribution in [0.3, 0.4) is 0 Å². The number of fused-ring (bicyclic) bond motifs is 1. The quantitative estimate of drug-likeness (QED) is 0.652. The van der Waals surface area contributed by atoms with Gasteiger partial charge in [-0.25, -0.2) is 0 Å². The van der Waals surface area contributed by atoms with Crippen molar-refractivity contribution in [2.24, 2.45) is 0 Å². The molecule has 2 aromatic rings. The Morgan fingerprint density at radius 3 is 2.77 bits per heavy atom. The van der Waals surface area contributed by atoms with Gasteiger partial charge >= 0.3 is 0 Å². The van der Waals surface area contributed by atoms with Gasteiger partial charge in [-0.15, -0.1) is 11.3 Å². The fourth-order valence-electron chi connectivity index (χ4n) is 3.55. The Bertz CT molecular complexity index is 922. The van der Waals surface area contributed by atoms with Crippen molar-refractivity contribution >= 4 is 29.2 Å². The highest BCUT2D eigenvalue weighted by atomic mass is 32.1. The Morgan fingerprint density at radius 1 is 1.23 bits per heavy atom. The van der Waals surface area contributed by atoms with Crippen molar-refractivity contribution in [3.05, 3.63) is 51.7 Å². The van der Waals surface area contributed by atoms with Gasteiger partial charge in [0.2, 0.25) is 11.8 Å². The molecule has 1 aliphatic heterocycles. The molecular weight excluding hydrogens is 400 g/mol. The average molecular weight is 429 g/mol. The summed E-state index contributed by atoms with van der Waals surface area (Å²) in [7, 11) is 3.14. The first-order valence-corrected chi connectivity index (χ1v) is 11.0. The number of amides is 2. The Labute approximate surface area is 181 Å². The Morgan fingerprint density at radius 2 is 2.03 bits per heavy atom. The molecule has 2 amide bonds. The number of thiophene rings is 1. The summed E-state index contributed by atoms with van der Waals surface area (Å²) in [4.78, 5) is 28.8. The van der Waals surface area contributed by atoms with Crippen molar-refractivity contribution in [2.75, 3.05) is 20.8 Å². The largest absolute Gasteiger partial charge is 0.493 e. The summed E-state index contributed by atoms with van der Waals surface area (Å²) < 4.78 is 10.5. The molecule has 7 heteroatoms. The van der Waals surface area contributed by atoms with Crippen LogP contribution in [-0.4, -0.2) is 43.5 Å². The second kappa shape index (κ2) is 10.3. The molecule has 6 nitrogen and oxygen atoms in total. The van der Waals surface area contributed by atoms with Gasteiger partial charge in [0, 0.05) is 24.0 Å². The summed E-state index contributed by atoms with van der Waals surface area (Å²) in [6, 6.07) is 6.99. The molecule has 1 aliphatic rings. The van der Waals surface area contributed by atoms with Crippen LogP contribution >= 0.6 is 11.3 Å². The second-order valence-corrected chi connectivity index (χ2v) is 8.18. The lowest BCUT2D eigenvalue weighted by Crippen LogP contribution is -2.49. The second-order valence-electron chi connectivity index (χ2n) is 7.18. The van der Waals surface area contributed by atoms with Crippen LogP contribution in [0.15, 0.2) is 35.7 Å². The van der Waals surface area contributed by atoms with Crippen LogP contribution in [0.4, 0.5) is 0 Å². The van der Waals surface area contributed by atoms with Gasteiger partial charge in [0.25, 0.3) is 0 Å². The summed E-state index contributed by atoms with van der Waals surface area (Å²) in [5.74, 6) is 0.923. The minimum absolute atomic E-state index is 0.0124. The Balaban J connectivity index is 1.64. The minimum atomic E-state index is -0.516. The number of carbonyl (C=O) groups is 2. The molecule has 0 aliphatic carbocycles. The topological polar surface area (TPSA) is 67.9 Å². The standard InChI is InChI=1S/C23H28N2O4S/c1-4-5-18(23(27)25-12-10-21-17(15-25)11-13-30-21)24-22(26)9-7-16-6-8-19(28-2)20(14-16)29-3/h6-9,11,13-14,18H,4-5,10,12,15H2,1-3H3,(H,24,26)/b9-7+. The fraction of sp³-hybridized carbons (Fsp3) is 0.391. The average Bonchev–Trinajstić information content (AvgIpc) is 3.24. The molecule has 0 bridgehead atoms. The number of nitrogens with one attached hydrogen (secondary N) is 1. The maximum absolute atomic E-state index is 13.0. The highest BCUT2D eigenvalue weighted by molar-refractivity contribution is 7.10.